The summed E-state index contributed by atoms with van der Waals surface area (Å²) >= 11 is 0. The van der Waals surface area contributed by atoms with Gasteiger partial charge in [-0.2, -0.15) is 0 Å². The van der Waals surface area contributed by atoms with E-state index in [-0.39, 0.29) is 17.9 Å². The molecule has 1 aromatic rings. The van der Waals surface area contributed by atoms with E-state index in [1.807, 2.05) is 32.0 Å². The van der Waals surface area contributed by atoms with Crippen LogP contribution < -0.4 is 10.6 Å². The first-order valence-electron chi connectivity index (χ1n) is 7.10. The van der Waals surface area contributed by atoms with Gasteiger partial charge in [-0.25, -0.2) is 0 Å². The minimum absolute atomic E-state index is 0.0620. The van der Waals surface area contributed by atoms with Crippen LogP contribution in [0.4, 0.5) is 5.69 Å². The van der Waals surface area contributed by atoms with Crippen LogP contribution in [0, 0.1) is 0 Å². The van der Waals surface area contributed by atoms with Crippen molar-refractivity contribution in [3.8, 4) is 0 Å². The Bertz CT molecular complexity index is 502. The Balaban J connectivity index is 2.28. The van der Waals surface area contributed by atoms with Gasteiger partial charge in [-0.15, -0.1) is 0 Å². The van der Waals surface area contributed by atoms with Gasteiger partial charge in [-0.1, -0.05) is 19.1 Å². The van der Waals surface area contributed by atoms with Crippen LogP contribution >= 0.6 is 0 Å². The zero-order chi connectivity index (χ0) is 14.5. The van der Waals surface area contributed by atoms with Crippen molar-refractivity contribution in [1.29, 1.82) is 0 Å². The highest BCUT2D eigenvalue weighted by molar-refractivity contribution is 6.02. The monoisotopic (exact) mass is 275 g/mol. The predicted molar refractivity (Wildman–Crippen MR) is 78.7 cm³/mol. The van der Waals surface area contributed by atoms with Gasteiger partial charge in [-0.3, -0.25) is 9.59 Å². The average Bonchev–Trinajstić information content (AvgIpc) is 2.47. The maximum Gasteiger partial charge on any atom is 0.256 e. The maximum atomic E-state index is 12.7. The van der Waals surface area contributed by atoms with Gasteiger partial charge in [0.1, 0.15) is 6.04 Å². The number of para-hydroxylation sites is 1. The Morgan fingerprint density at radius 1 is 1.40 bits per heavy atom. The van der Waals surface area contributed by atoms with Crippen LogP contribution in [0.5, 0.6) is 0 Å². The molecule has 2 rings (SSSR count). The minimum atomic E-state index is -0.370. The van der Waals surface area contributed by atoms with Gasteiger partial charge in [0.15, 0.2) is 0 Å². The van der Waals surface area contributed by atoms with Crippen molar-refractivity contribution in [1.82, 2.24) is 10.2 Å². The van der Waals surface area contributed by atoms with E-state index in [9.17, 15) is 9.59 Å². The van der Waals surface area contributed by atoms with Gasteiger partial charge in [-0.05, 0) is 25.5 Å². The molecule has 0 aromatic heterocycles. The normalized spacial score (nSPS) is 18.6. The van der Waals surface area contributed by atoms with Gasteiger partial charge in [0.05, 0.1) is 5.56 Å². The Morgan fingerprint density at radius 2 is 2.15 bits per heavy atom. The van der Waals surface area contributed by atoms with Crippen LogP contribution in [0.2, 0.25) is 0 Å². The molecule has 1 aliphatic rings. The Labute approximate surface area is 119 Å². The Morgan fingerprint density at radius 3 is 2.85 bits per heavy atom. The number of nitrogens with one attached hydrogen (secondary N) is 2. The van der Waals surface area contributed by atoms with E-state index in [2.05, 4.69) is 10.6 Å². The molecule has 2 amide bonds. The summed E-state index contributed by atoms with van der Waals surface area (Å²) in [6, 6.07) is 7.07. The second-order valence-electron chi connectivity index (χ2n) is 4.79. The van der Waals surface area contributed by atoms with Crippen molar-refractivity contribution in [2.45, 2.75) is 26.3 Å². The number of hydrogen-bond acceptors (Lipinski definition) is 3. The molecule has 1 fully saturated rings. The summed E-state index contributed by atoms with van der Waals surface area (Å²) in [6.07, 6.45) is 0.626. The first-order chi connectivity index (χ1) is 9.69. The largest absolute Gasteiger partial charge is 0.385 e. The van der Waals surface area contributed by atoms with Gasteiger partial charge in [0.2, 0.25) is 5.91 Å². The fourth-order valence-corrected chi connectivity index (χ4v) is 2.53. The topological polar surface area (TPSA) is 61.4 Å². The zero-order valence-electron chi connectivity index (χ0n) is 12.0. The number of rotatable bonds is 4. The molecule has 0 spiro atoms. The molecule has 108 valence electrons. The summed E-state index contributed by atoms with van der Waals surface area (Å²) in [5.41, 5.74) is 1.45. The molecule has 1 heterocycles. The molecule has 5 heteroatoms. The van der Waals surface area contributed by atoms with Gasteiger partial charge in [0, 0.05) is 25.3 Å². The number of carbonyl (C=O) groups excluding carboxylic acids is 2. The van der Waals surface area contributed by atoms with Crippen molar-refractivity contribution < 1.29 is 9.59 Å². The molecule has 1 aliphatic heterocycles. The minimum Gasteiger partial charge on any atom is -0.385 e. The van der Waals surface area contributed by atoms with Crippen LogP contribution in [0.3, 0.4) is 0 Å². The average molecular weight is 275 g/mol. The van der Waals surface area contributed by atoms with E-state index < -0.39 is 0 Å². The van der Waals surface area contributed by atoms with Crippen molar-refractivity contribution in [2.75, 3.05) is 25.0 Å². The third-order valence-corrected chi connectivity index (χ3v) is 3.50. The van der Waals surface area contributed by atoms with Crippen LogP contribution in [0.1, 0.15) is 30.6 Å². The summed E-state index contributed by atoms with van der Waals surface area (Å²) in [7, 11) is 0. The van der Waals surface area contributed by atoms with E-state index >= 15 is 0 Å². The highest BCUT2D eigenvalue weighted by atomic mass is 16.2. The summed E-state index contributed by atoms with van der Waals surface area (Å²) in [4.78, 5) is 26.3. The molecule has 1 saturated heterocycles. The number of anilines is 1. The molecular formula is C15H21N3O2. The lowest BCUT2D eigenvalue weighted by Crippen LogP contribution is -2.56. The van der Waals surface area contributed by atoms with Crippen molar-refractivity contribution in [2.24, 2.45) is 0 Å². The third-order valence-electron chi connectivity index (χ3n) is 3.50. The Kier molecular flexibility index (Phi) is 4.61. The van der Waals surface area contributed by atoms with Crippen molar-refractivity contribution >= 4 is 17.5 Å². The molecule has 1 unspecified atom stereocenters. The summed E-state index contributed by atoms with van der Waals surface area (Å²) < 4.78 is 0. The van der Waals surface area contributed by atoms with E-state index in [1.54, 1.807) is 11.0 Å². The number of carbonyl (C=O) groups is 2. The van der Waals surface area contributed by atoms with Crippen LogP contribution in [-0.4, -0.2) is 42.4 Å². The van der Waals surface area contributed by atoms with Crippen LogP contribution in [0.15, 0.2) is 24.3 Å². The zero-order valence-corrected chi connectivity index (χ0v) is 12.0. The quantitative estimate of drug-likeness (QED) is 0.874. The molecule has 20 heavy (non-hydrogen) atoms. The standard InChI is InChI=1S/C15H21N3O2/c1-3-13-14(19)17-9-10-18(13)15(20)11-7-5-6-8-12(11)16-4-2/h5-8,13,16H,3-4,9-10H2,1-2H3,(H,17,19). The lowest BCUT2D eigenvalue weighted by molar-refractivity contribution is -0.127. The summed E-state index contributed by atoms with van der Waals surface area (Å²) in [5, 5.41) is 6.00. The van der Waals surface area contributed by atoms with Crippen LogP contribution in [0.25, 0.3) is 0 Å². The third kappa shape index (κ3) is 2.76. The highest BCUT2D eigenvalue weighted by Gasteiger charge is 2.32. The highest BCUT2D eigenvalue weighted by Crippen LogP contribution is 2.20. The lowest BCUT2D eigenvalue weighted by atomic mass is 10.1. The fraction of sp³-hybridized carbons (Fsp3) is 0.467. The smallest absolute Gasteiger partial charge is 0.256 e. The second kappa shape index (κ2) is 6.41. The second-order valence-corrected chi connectivity index (χ2v) is 4.79. The SMILES string of the molecule is CCNc1ccccc1C(=O)N1CCNC(=O)C1CC. The number of benzene rings is 1. The lowest BCUT2D eigenvalue weighted by Gasteiger charge is -2.35. The molecule has 2 N–H and O–H groups in total. The number of nitrogens with zero attached hydrogens (tertiary/aromatic N) is 1. The van der Waals surface area contributed by atoms with Crippen LogP contribution in [-0.2, 0) is 4.79 Å². The molecule has 1 atom stereocenters. The predicted octanol–water partition coefficient (Wildman–Crippen LogP) is 1.47. The number of amides is 2. The summed E-state index contributed by atoms with van der Waals surface area (Å²) in [5.74, 6) is -0.142. The fourth-order valence-electron chi connectivity index (χ4n) is 2.53. The van der Waals surface area contributed by atoms with Gasteiger partial charge >= 0.3 is 0 Å². The first-order valence-corrected chi connectivity index (χ1v) is 7.10. The molecule has 0 radical (unpaired) electrons. The van der Waals surface area contributed by atoms with Gasteiger partial charge in [0.25, 0.3) is 5.91 Å². The molecule has 0 bridgehead atoms. The first kappa shape index (κ1) is 14.4. The summed E-state index contributed by atoms with van der Waals surface area (Å²) in [6.45, 7) is 5.74. The van der Waals surface area contributed by atoms with Gasteiger partial charge < -0.3 is 15.5 Å². The number of hydrogen-bond donors (Lipinski definition) is 2. The number of piperazine rings is 1. The van der Waals surface area contributed by atoms with E-state index in [1.165, 1.54) is 0 Å². The van der Waals surface area contributed by atoms with Crippen molar-refractivity contribution in [3.05, 3.63) is 29.8 Å². The molecule has 0 aliphatic carbocycles. The molecule has 0 saturated carbocycles. The molecule has 1 aromatic carbocycles. The van der Waals surface area contributed by atoms with Crippen molar-refractivity contribution in [3.63, 3.8) is 0 Å². The molecule has 5 nitrogen and oxygen atoms in total. The Hall–Kier alpha value is -2.04. The van der Waals surface area contributed by atoms with E-state index in [0.29, 0.717) is 25.1 Å². The van der Waals surface area contributed by atoms with E-state index in [0.717, 1.165) is 12.2 Å². The molecular weight excluding hydrogens is 254 g/mol. The maximum absolute atomic E-state index is 12.7. The van der Waals surface area contributed by atoms with E-state index in [4.69, 9.17) is 0 Å².